The van der Waals surface area contributed by atoms with Crippen molar-refractivity contribution < 1.29 is 19.7 Å². The average molecular weight is 499 g/mol. The van der Waals surface area contributed by atoms with Crippen LogP contribution in [0.25, 0.3) is 16.8 Å². The van der Waals surface area contributed by atoms with Crippen LogP contribution in [-0.4, -0.2) is 34.5 Å². The summed E-state index contributed by atoms with van der Waals surface area (Å²) in [7, 11) is 0. The van der Waals surface area contributed by atoms with Crippen molar-refractivity contribution in [2.75, 3.05) is 0 Å². The van der Waals surface area contributed by atoms with Gasteiger partial charge in [-0.2, -0.15) is 0 Å². The summed E-state index contributed by atoms with van der Waals surface area (Å²) >= 11 is 0. The Morgan fingerprint density at radius 1 is 1.00 bits per heavy atom. The fraction of sp³-hybridized carbons (Fsp3) is 0.424. The standard InChI is InChI=1S/C33H38O4/c1-32(2)28-18-19-33(32,3)30(27-15-9-13-23-12-7-8-14-26(23)27)31(28)37-29(36)21-25(35)20-24(34)17-16-22-10-5-4-6-11-22/h4-17,24-25,28,30-31,34-35H,18-21H2,1-3H3/t24-,25-,28?,30?,31?,33-/m1/s1. The van der Waals surface area contributed by atoms with Gasteiger partial charge in [-0.25, -0.2) is 0 Å². The van der Waals surface area contributed by atoms with Crippen molar-refractivity contribution in [1.82, 2.24) is 0 Å². The molecule has 2 saturated carbocycles. The van der Waals surface area contributed by atoms with Gasteiger partial charge >= 0.3 is 5.97 Å². The van der Waals surface area contributed by atoms with Crippen LogP contribution < -0.4 is 0 Å². The molecule has 194 valence electrons. The highest BCUT2D eigenvalue weighted by atomic mass is 16.5. The Labute approximate surface area is 220 Å². The summed E-state index contributed by atoms with van der Waals surface area (Å²) < 4.78 is 6.24. The van der Waals surface area contributed by atoms with E-state index in [9.17, 15) is 15.0 Å². The van der Waals surface area contributed by atoms with E-state index in [-0.39, 0.29) is 41.6 Å². The molecule has 37 heavy (non-hydrogen) atoms. The summed E-state index contributed by atoms with van der Waals surface area (Å²) in [5.74, 6) is -0.0382. The molecule has 5 rings (SSSR count). The number of hydrogen-bond acceptors (Lipinski definition) is 4. The SMILES string of the molecule is CC1(C)C2CC[C@]1(C)C(c1cccc3ccccc13)C2OC(=O)C[C@H](O)C[C@H](O)C=Cc1ccccc1. The molecule has 3 unspecified atom stereocenters. The molecule has 2 bridgehead atoms. The minimum absolute atomic E-state index is 0.00375. The Hall–Kier alpha value is -2.95. The van der Waals surface area contributed by atoms with E-state index >= 15 is 0 Å². The van der Waals surface area contributed by atoms with Gasteiger partial charge in [-0.3, -0.25) is 4.79 Å². The third-order valence-corrected chi connectivity index (χ3v) is 9.44. The number of aliphatic hydroxyl groups excluding tert-OH is 2. The van der Waals surface area contributed by atoms with Gasteiger partial charge < -0.3 is 14.9 Å². The highest BCUT2D eigenvalue weighted by Gasteiger charge is 2.67. The van der Waals surface area contributed by atoms with Crippen LogP contribution in [-0.2, 0) is 9.53 Å². The molecule has 2 fully saturated rings. The van der Waals surface area contributed by atoms with Crippen molar-refractivity contribution in [3.8, 4) is 0 Å². The number of fused-ring (bicyclic) bond motifs is 3. The third kappa shape index (κ3) is 4.73. The third-order valence-electron chi connectivity index (χ3n) is 9.44. The molecule has 0 radical (unpaired) electrons. The first kappa shape index (κ1) is 25.7. The van der Waals surface area contributed by atoms with Crippen molar-refractivity contribution in [3.63, 3.8) is 0 Å². The lowest BCUT2D eigenvalue weighted by Crippen LogP contribution is -2.36. The number of aliphatic hydroxyl groups is 2. The number of carbonyl (C=O) groups excluding carboxylic acids is 1. The Morgan fingerprint density at radius 2 is 1.70 bits per heavy atom. The van der Waals surface area contributed by atoms with Crippen molar-refractivity contribution in [3.05, 3.63) is 90.0 Å². The van der Waals surface area contributed by atoms with E-state index in [0.29, 0.717) is 0 Å². The van der Waals surface area contributed by atoms with Crippen LogP contribution in [0.3, 0.4) is 0 Å². The Bertz CT molecular complexity index is 1270. The minimum Gasteiger partial charge on any atom is -0.461 e. The Kier molecular flexibility index (Phi) is 6.99. The molecule has 2 aliphatic carbocycles. The van der Waals surface area contributed by atoms with Crippen LogP contribution in [0.15, 0.2) is 78.9 Å². The summed E-state index contributed by atoms with van der Waals surface area (Å²) in [5.41, 5.74) is 2.25. The molecule has 4 nitrogen and oxygen atoms in total. The Balaban J connectivity index is 1.31. The number of ether oxygens (including phenoxy) is 1. The normalized spacial score (nSPS) is 28.0. The van der Waals surface area contributed by atoms with Crippen molar-refractivity contribution in [2.24, 2.45) is 16.7 Å². The lowest BCUT2D eigenvalue weighted by molar-refractivity contribution is -0.156. The van der Waals surface area contributed by atoms with Gasteiger partial charge in [-0.15, -0.1) is 0 Å². The number of rotatable bonds is 8. The van der Waals surface area contributed by atoms with Crippen LogP contribution in [0.5, 0.6) is 0 Å². The average Bonchev–Trinajstić information content (AvgIpc) is 3.20. The van der Waals surface area contributed by atoms with Crippen molar-refractivity contribution in [2.45, 2.75) is 70.7 Å². The number of benzene rings is 3. The minimum atomic E-state index is -0.971. The van der Waals surface area contributed by atoms with E-state index in [1.54, 1.807) is 6.08 Å². The predicted octanol–water partition coefficient (Wildman–Crippen LogP) is 6.51. The van der Waals surface area contributed by atoms with Gasteiger partial charge in [-0.05, 0) is 45.6 Å². The smallest absolute Gasteiger partial charge is 0.308 e. The molecule has 2 N–H and O–H groups in total. The molecule has 6 atom stereocenters. The van der Waals surface area contributed by atoms with Gasteiger partial charge in [0.25, 0.3) is 0 Å². The summed E-state index contributed by atoms with van der Waals surface area (Å²) in [5, 5.41) is 23.3. The van der Waals surface area contributed by atoms with Crippen molar-refractivity contribution in [1.29, 1.82) is 0 Å². The van der Waals surface area contributed by atoms with Gasteiger partial charge in [0.15, 0.2) is 0 Å². The first-order valence-electron chi connectivity index (χ1n) is 13.5. The molecule has 0 saturated heterocycles. The largest absolute Gasteiger partial charge is 0.461 e. The van der Waals surface area contributed by atoms with Gasteiger partial charge in [0.1, 0.15) is 6.10 Å². The van der Waals surface area contributed by atoms with Crippen LogP contribution in [0.4, 0.5) is 0 Å². The fourth-order valence-electron chi connectivity index (χ4n) is 7.10. The van der Waals surface area contributed by atoms with Gasteiger partial charge in [0.05, 0.1) is 18.6 Å². The van der Waals surface area contributed by atoms with E-state index < -0.39 is 18.2 Å². The van der Waals surface area contributed by atoms with Crippen LogP contribution in [0, 0.1) is 16.7 Å². The maximum absolute atomic E-state index is 13.1. The summed E-state index contributed by atoms with van der Waals surface area (Å²) in [6.45, 7) is 7.00. The lowest BCUT2D eigenvalue weighted by atomic mass is 9.64. The molecule has 0 spiro atoms. The molecule has 4 heteroatoms. The zero-order valence-corrected chi connectivity index (χ0v) is 22.0. The van der Waals surface area contributed by atoms with E-state index in [4.69, 9.17) is 4.74 Å². The zero-order chi connectivity index (χ0) is 26.2. The highest BCUT2D eigenvalue weighted by Crippen LogP contribution is 2.72. The second-order valence-corrected chi connectivity index (χ2v) is 11.7. The van der Waals surface area contributed by atoms with Crippen molar-refractivity contribution >= 4 is 22.8 Å². The van der Waals surface area contributed by atoms with E-state index in [1.807, 2.05) is 36.4 Å². The Morgan fingerprint density at radius 3 is 2.49 bits per heavy atom. The topological polar surface area (TPSA) is 66.8 Å². The predicted molar refractivity (Wildman–Crippen MR) is 148 cm³/mol. The van der Waals surface area contributed by atoms with Crippen LogP contribution >= 0.6 is 0 Å². The van der Waals surface area contributed by atoms with E-state index in [1.165, 1.54) is 16.3 Å². The number of esters is 1. The van der Waals surface area contributed by atoms with Gasteiger partial charge in [-0.1, -0.05) is 106 Å². The monoisotopic (exact) mass is 498 g/mol. The molecule has 2 aliphatic rings. The molecule has 0 aliphatic heterocycles. The molecule has 3 aromatic rings. The molecule has 0 amide bonds. The summed E-state index contributed by atoms with van der Waals surface area (Å²) in [6.07, 6.45) is 3.53. The quantitative estimate of drug-likeness (QED) is 0.348. The highest BCUT2D eigenvalue weighted by molar-refractivity contribution is 5.86. The van der Waals surface area contributed by atoms with Gasteiger partial charge in [0.2, 0.25) is 0 Å². The first-order valence-corrected chi connectivity index (χ1v) is 13.5. The van der Waals surface area contributed by atoms with Crippen LogP contribution in [0.2, 0.25) is 0 Å². The maximum Gasteiger partial charge on any atom is 0.308 e. The number of carbonyl (C=O) groups is 1. The molecule has 3 aromatic carbocycles. The fourth-order valence-corrected chi connectivity index (χ4v) is 7.10. The maximum atomic E-state index is 13.1. The molecule has 0 heterocycles. The summed E-state index contributed by atoms with van der Waals surface area (Å²) in [6, 6.07) is 24.5. The molecular formula is C33H38O4. The second-order valence-electron chi connectivity index (χ2n) is 11.7. The summed E-state index contributed by atoms with van der Waals surface area (Å²) in [4.78, 5) is 13.1. The van der Waals surface area contributed by atoms with E-state index in [0.717, 1.165) is 18.4 Å². The van der Waals surface area contributed by atoms with E-state index in [2.05, 4.69) is 63.2 Å². The number of hydrogen-bond donors (Lipinski definition) is 2. The van der Waals surface area contributed by atoms with Crippen LogP contribution in [0.1, 0.15) is 63.5 Å². The lowest BCUT2D eigenvalue weighted by Gasteiger charge is -2.40. The second kappa shape index (κ2) is 10.1. The molecular weight excluding hydrogens is 460 g/mol. The van der Waals surface area contributed by atoms with Gasteiger partial charge in [0, 0.05) is 18.3 Å². The first-order chi connectivity index (χ1) is 17.7. The zero-order valence-electron chi connectivity index (χ0n) is 22.0. The molecule has 0 aromatic heterocycles.